The van der Waals surface area contributed by atoms with Gasteiger partial charge in [0.25, 0.3) is 0 Å². The normalized spacial score (nSPS) is 14.0. The summed E-state index contributed by atoms with van der Waals surface area (Å²) in [6.07, 6.45) is 0. The number of hydrogen-bond acceptors (Lipinski definition) is 4. The van der Waals surface area contributed by atoms with E-state index in [1.165, 1.54) is 0 Å². The number of halogens is 1. The van der Waals surface area contributed by atoms with E-state index in [1.54, 1.807) is 11.8 Å². The largest absolute Gasteiger partial charge is 0.465 e. The molecule has 1 aromatic rings. The van der Waals surface area contributed by atoms with E-state index in [0.717, 1.165) is 16.3 Å². The van der Waals surface area contributed by atoms with Crippen LogP contribution in [0.25, 0.3) is 0 Å². The highest BCUT2D eigenvalue weighted by atomic mass is 35.5. The molecule has 0 amide bonds. The van der Waals surface area contributed by atoms with Crippen LogP contribution in [0.3, 0.4) is 0 Å². The van der Waals surface area contributed by atoms with Gasteiger partial charge in [0, 0.05) is 22.6 Å². The smallest absolute Gasteiger partial charge is 0.326 e. The monoisotopic (exact) mass is 329 g/mol. The molecule has 3 nitrogen and oxygen atoms in total. The lowest BCUT2D eigenvalue weighted by molar-refractivity contribution is -0.149. The van der Waals surface area contributed by atoms with Crippen molar-refractivity contribution in [3.05, 3.63) is 34.9 Å². The van der Waals surface area contributed by atoms with Crippen LogP contribution >= 0.6 is 23.4 Å². The van der Waals surface area contributed by atoms with Crippen molar-refractivity contribution in [3.63, 3.8) is 0 Å². The minimum absolute atomic E-state index is 0.203. The molecule has 0 spiro atoms. The molecule has 0 saturated carbocycles. The van der Waals surface area contributed by atoms with Crippen LogP contribution in [0.4, 0.5) is 0 Å². The number of benzene rings is 1. The van der Waals surface area contributed by atoms with E-state index in [-0.39, 0.29) is 12.0 Å². The first kappa shape index (κ1) is 18.3. The number of ether oxygens (including phenoxy) is 1. The van der Waals surface area contributed by atoms with E-state index in [0.29, 0.717) is 12.4 Å². The maximum atomic E-state index is 12.2. The molecular formula is C16H24ClNO2S. The van der Waals surface area contributed by atoms with Crippen molar-refractivity contribution in [2.75, 3.05) is 12.4 Å². The van der Waals surface area contributed by atoms with Gasteiger partial charge in [0.1, 0.15) is 5.54 Å². The van der Waals surface area contributed by atoms with Gasteiger partial charge < -0.3 is 4.74 Å². The molecule has 0 aliphatic rings. The van der Waals surface area contributed by atoms with Crippen molar-refractivity contribution in [3.8, 4) is 0 Å². The molecular weight excluding hydrogens is 306 g/mol. The molecule has 1 aromatic carbocycles. The van der Waals surface area contributed by atoms with Crippen LogP contribution in [0.5, 0.6) is 0 Å². The molecule has 5 heteroatoms. The van der Waals surface area contributed by atoms with Crippen LogP contribution in [0.1, 0.15) is 33.3 Å². The first-order valence-corrected chi connectivity index (χ1v) is 8.68. The summed E-state index contributed by atoms with van der Waals surface area (Å²) >= 11 is 7.83. The number of carbonyl (C=O) groups is 1. The average molecular weight is 330 g/mol. The zero-order chi connectivity index (χ0) is 15.9. The van der Waals surface area contributed by atoms with Gasteiger partial charge in [-0.1, -0.05) is 29.8 Å². The molecule has 0 saturated heterocycles. The standard InChI is InChI=1S/C16H24ClNO2S/c1-5-20-15(19)16(4,18-12(2)3)11-21-10-13-8-6-7-9-14(13)17/h6-9,12,18H,5,10-11H2,1-4H3. The molecule has 0 aliphatic carbocycles. The number of hydrogen-bond donors (Lipinski definition) is 1. The molecule has 1 N–H and O–H groups in total. The maximum Gasteiger partial charge on any atom is 0.326 e. The van der Waals surface area contributed by atoms with E-state index in [1.807, 2.05) is 52.0 Å². The molecule has 0 aliphatic heterocycles. The SMILES string of the molecule is CCOC(=O)C(C)(CSCc1ccccc1Cl)NC(C)C. The number of nitrogens with one attached hydrogen (secondary N) is 1. The predicted octanol–water partition coefficient (Wildman–Crippen LogP) is 3.89. The zero-order valence-electron chi connectivity index (χ0n) is 13.1. The van der Waals surface area contributed by atoms with Gasteiger partial charge in [-0.25, -0.2) is 0 Å². The highest BCUT2D eigenvalue weighted by Crippen LogP contribution is 2.24. The molecule has 0 fully saturated rings. The van der Waals surface area contributed by atoms with Crippen LogP contribution < -0.4 is 5.32 Å². The summed E-state index contributed by atoms with van der Waals surface area (Å²) < 4.78 is 5.19. The highest BCUT2D eigenvalue weighted by Gasteiger charge is 2.35. The van der Waals surface area contributed by atoms with Crippen molar-refractivity contribution in [1.82, 2.24) is 5.32 Å². The lowest BCUT2D eigenvalue weighted by Gasteiger charge is -2.30. The Balaban J connectivity index is 2.65. The quantitative estimate of drug-likeness (QED) is 0.734. The number of esters is 1. The summed E-state index contributed by atoms with van der Waals surface area (Å²) in [5, 5.41) is 4.08. The Kier molecular flexibility index (Phi) is 7.57. The second kappa shape index (κ2) is 8.66. The molecule has 1 rings (SSSR count). The van der Waals surface area contributed by atoms with Crippen molar-refractivity contribution >= 4 is 29.3 Å². The van der Waals surface area contributed by atoms with Crippen molar-refractivity contribution in [2.45, 2.75) is 45.0 Å². The summed E-state index contributed by atoms with van der Waals surface area (Å²) in [6.45, 7) is 8.16. The number of carbonyl (C=O) groups excluding carboxylic acids is 1. The maximum absolute atomic E-state index is 12.2. The number of thioether (sulfide) groups is 1. The summed E-state index contributed by atoms with van der Waals surface area (Å²) in [5.74, 6) is 1.20. The molecule has 118 valence electrons. The minimum Gasteiger partial charge on any atom is -0.465 e. The minimum atomic E-state index is -0.684. The van der Waals surface area contributed by atoms with Crippen LogP contribution in [-0.2, 0) is 15.3 Å². The first-order valence-electron chi connectivity index (χ1n) is 7.15. The van der Waals surface area contributed by atoms with E-state index in [2.05, 4.69) is 5.32 Å². The van der Waals surface area contributed by atoms with Gasteiger partial charge in [-0.3, -0.25) is 10.1 Å². The van der Waals surface area contributed by atoms with Gasteiger partial charge in [-0.2, -0.15) is 11.8 Å². The van der Waals surface area contributed by atoms with Gasteiger partial charge in [-0.15, -0.1) is 0 Å². The van der Waals surface area contributed by atoms with E-state index in [4.69, 9.17) is 16.3 Å². The summed E-state index contributed by atoms with van der Waals surface area (Å²) in [5.41, 5.74) is 0.399. The Hall–Kier alpha value is -0.710. The van der Waals surface area contributed by atoms with Crippen LogP contribution in [-0.4, -0.2) is 29.9 Å². The van der Waals surface area contributed by atoms with Crippen LogP contribution in [0, 0.1) is 0 Å². The van der Waals surface area contributed by atoms with Gasteiger partial charge in [0.15, 0.2) is 0 Å². The Morgan fingerprint density at radius 3 is 2.67 bits per heavy atom. The second-order valence-electron chi connectivity index (χ2n) is 5.44. The van der Waals surface area contributed by atoms with Gasteiger partial charge in [0.05, 0.1) is 6.61 Å². The Bertz CT molecular complexity index is 467. The van der Waals surface area contributed by atoms with Crippen molar-refractivity contribution < 1.29 is 9.53 Å². The van der Waals surface area contributed by atoms with Crippen LogP contribution in [0.2, 0.25) is 5.02 Å². The first-order chi connectivity index (χ1) is 9.89. The fraction of sp³-hybridized carbons (Fsp3) is 0.562. The van der Waals surface area contributed by atoms with Gasteiger partial charge in [0.2, 0.25) is 0 Å². The summed E-state index contributed by atoms with van der Waals surface area (Å²) in [7, 11) is 0. The van der Waals surface area contributed by atoms with Gasteiger partial charge in [-0.05, 0) is 39.3 Å². The molecule has 0 bridgehead atoms. The summed E-state index contributed by atoms with van der Waals surface area (Å²) in [4.78, 5) is 12.2. The number of rotatable bonds is 8. The Morgan fingerprint density at radius 1 is 1.43 bits per heavy atom. The third kappa shape index (κ3) is 5.89. The fourth-order valence-electron chi connectivity index (χ4n) is 2.07. The van der Waals surface area contributed by atoms with Crippen molar-refractivity contribution in [1.29, 1.82) is 0 Å². The van der Waals surface area contributed by atoms with E-state index >= 15 is 0 Å². The zero-order valence-corrected chi connectivity index (χ0v) is 14.7. The van der Waals surface area contributed by atoms with Crippen LogP contribution in [0.15, 0.2) is 24.3 Å². The topological polar surface area (TPSA) is 38.3 Å². The molecule has 1 unspecified atom stereocenters. The summed E-state index contributed by atoms with van der Waals surface area (Å²) in [6, 6.07) is 7.99. The average Bonchev–Trinajstić information content (AvgIpc) is 2.40. The molecule has 1 atom stereocenters. The third-order valence-electron chi connectivity index (χ3n) is 2.94. The predicted molar refractivity (Wildman–Crippen MR) is 90.9 cm³/mol. The molecule has 0 aromatic heterocycles. The lowest BCUT2D eigenvalue weighted by Crippen LogP contribution is -2.55. The van der Waals surface area contributed by atoms with E-state index in [9.17, 15) is 4.79 Å². The van der Waals surface area contributed by atoms with Gasteiger partial charge >= 0.3 is 5.97 Å². The third-order valence-corrected chi connectivity index (χ3v) is 4.60. The second-order valence-corrected chi connectivity index (χ2v) is 6.83. The van der Waals surface area contributed by atoms with Crippen molar-refractivity contribution in [2.24, 2.45) is 0 Å². The fourth-order valence-corrected chi connectivity index (χ4v) is 3.53. The lowest BCUT2D eigenvalue weighted by atomic mass is 10.0. The Labute approximate surface area is 136 Å². The highest BCUT2D eigenvalue weighted by molar-refractivity contribution is 7.98. The molecule has 21 heavy (non-hydrogen) atoms. The molecule has 0 radical (unpaired) electrons. The molecule has 0 heterocycles. The Morgan fingerprint density at radius 2 is 2.10 bits per heavy atom. The van der Waals surface area contributed by atoms with E-state index < -0.39 is 5.54 Å².